The van der Waals surface area contributed by atoms with E-state index in [1.165, 1.54) is 6.33 Å². The maximum absolute atomic E-state index is 13.8. The molecular weight excluding hydrogens is 484 g/mol. The van der Waals surface area contributed by atoms with Gasteiger partial charge in [-0.05, 0) is 54.6 Å². The largest absolute Gasteiger partial charge is 0.383 e. The number of rotatable bonds is 6. The van der Waals surface area contributed by atoms with E-state index in [4.69, 9.17) is 22.7 Å². The normalized spacial score (nSPS) is 11.0. The molecule has 37 heavy (non-hydrogen) atoms. The lowest BCUT2D eigenvalue weighted by Gasteiger charge is -2.19. The molecule has 0 saturated heterocycles. The van der Waals surface area contributed by atoms with Crippen LogP contribution in [0.5, 0.6) is 0 Å². The van der Waals surface area contributed by atoms with Gasteiger partial charge in [0.05, 0.1) is 28.9 Å². The lowest BCUT2D eigenvalue weighted by Crippen LogP contribution is -2.25. The zero-order chi connectivity index (χ0) is 26.1. The number of para-hydroxylation sites is 1. The molecule has 4 N–H and O–H groups in total. The van der Waals surface area contributed by atoms with Gasteiger partial charge in [0, 0.05) is 16.3 Å². The Hall–Kier alpha value is -4.49. The molecule has 3 aromatic carbocycles. The van der Waals surface area contributed by atoms with Crippen LogP contribution in [0.2, 0.25) is 5.02 Å². The fraction of sp³-hybridized carbons (Fsp3) is 0.103. The molecule has 2 heterocycles. The van der Waals surface area contributed by atoms with Gasteiger partial charge in [0.2, 0.25) is 0 Å². The SMILES string of the molecule is Cc1ccccc1-n1c(CNc2ncnc(N)c2C(=N)c2cccc(Cl)c2)cc2cccc(C)c2c1=O. The highest BCUT2D eigenvalue weighted by Gasteiger charge is 2.18. The molecule has 0 aliphatic rings. The van der Waals surface area contributed by atoms with E-state index >= 15 is 0 Å². The quantitative estimate of drug-likeness (QED) is 0.256. The van der Waals surface area contributed by atoms with Crippen LogP contribution >= 0.6 is 11.6 Å². The number of hydrogen-bond donors (Lipinski definition) is 3. The highest BCUT2D eigenvalue weighted by Crippen LogP contribution is 2.25. The smallest absolute Gasteiger partial charge is 0.263 e. The van der Waals surface area contributed by atoms with Gasteiger partial charge in [-0.2, -0.15) is 0 Å². The first-order valence-corrected chi connectivity index (χ1v) is 12.1. The zero-order valence-electron chi connectivity index (χ0n) is 20.4. The minimum absolute atomic E-state index is 0.0872. The van der Waals surface area contributed by atoms with Crippen molar-refractivity contribution in [3.8, 4) is 5.69 Å². The standard InChI is InChI=1S/C29H25ClN6O/c1-17-7-3-4-12-23(17)36-22(14-19-9-5-8-18(2)24(19)29(36)37)15-33-28-25(27(32)34-16-35-28)26(31)20-10-6-11-21(30)13-20/h3-14,16,31H,15H2,1-2H3,(H3,32,33,34,35). The molecule has 2 aromatic heterocycles. The zero-order valence-corrected chi connectivity index (χ0v) is 21.2. The summed E-state index contributed by atoms with van der Waals surface area (Å²) < 4.78 is 1.74. The van der Waals surface area contributed by atoms with Gasteiger partial charge in [-0.1, -0.05) is 60.1 Å². The van der Waals surface area contributed by atoms with E-state index in [-0.39, 0.29) is 23.6 Å². The van der Waals surface area contributed by atoms with E-state index < -0.39 is 0 Å². The first-order valence-electron chi connectivity index (χ1n) is 11.7. The highest BCUT2D eigenvalue weighted by molar-refractivity contribution is 6.31. The van der Waals surface area contributed by atoms with Crippen molar-refractivity contribution in [3.63, 3.8) is 0 Å². The summed E-state index contributed by atoms with van der Waals surface area (Å²) in [5.41, 5.74) is 10.7. The molecule has 0 fully saturated rings. The van der Waals surface area contributed by atoms with E-state index in [2.05, 4.69) is 15.3 Å². The van der Waals surface area contributed by atoms with E-state index in [0.29, 0.717) is 27.4 Å². The number of aromatic nitrogens is 3. The second kappa shape index (κ2) is 9.87. The predicted octanol–water partition coefficient (Wildman–Crippen LogP) is 5.66. The summed E-state index contributed by atoms with van der Waals surface area (Å²) in [6.45, 7) is 4.19. The fourth-order valence-electron chi connectivity index (χ4n) is 4.54. The van der Waals surface area contributed by atoms with Crippen LogP contribution in [0.25, 0.3) is 16.5 Å². The van der Waals surface area contributed by atoms with E-state index in [0.717, 1.165) is 27.9 Å². The molecule has 184 valence electrons. The maximum atomic E-state index is 13.8. The van der Waals surface area contributed by atoms with Gasteiger partial charge in [0.1, 0.15) is 18.0 Å². The van der Waals surface area contributed by atoms with E-state index in [1.807, 2.05) is 62.4 Å². The van der Waals surface area contributed by atoms with Crippen LogP contribution in [0.3, 0.4) is 0 Å². The third kappa shape index (κ3) is 4.57. The Kier molecular flexibility index (Phi) is 6.46. The predicted molar refractivity (Wildman–Crippen MR) is 150 cm³/mol. The fourth-order valence-corrected chi connectivity index (χ4v) is 4.73. The van der Waals surface area contributed by atoms with Crippen LogP contribution in [0, 0.1) is 19.3 Å². The molecule has 0 saturated carbocycles. The minimum Gasteiger partial charge on any atom is -0.383 e. The van der Waals surface area contributed by atoms with Crippen LogP contribution < -0.4 is 16.6 Å². The van der Waals surface area contributed by atoms with E-state index in [1.54, 1.807) is 28.8 Å². The van der Waals surface area contributed by atoms with Crippen molar-refractivity contribution in [2.24, 2.45) is 0 Å². The molecule has 0 radical (unpaired) electrons. The average Bonchev–Trinajstić information content (AvgIpc) is 2.88. The summed E-state index contributed by atoms with van der Waals surface area (Å²) in [7, 11) is 0. The van der Waals surface area contributed by atoms with Gasteiger partial charge in [-0.15, -0.1) is 0 Å². The number of benzene rings is 3. The molecule has 0 aliphatic heterocycles. The molecule has 8 heteroatoms. The Morgan fingerprint density at radius 3 is 2.54 bits per heavy atom. The third-order valence-corrected chi connectivity index (χ3v) is 6.60. The van der Waals surface area contributed by atoms with Crippen LogP contribution in [0.4, 0.5) is 11.6 Å². The van der Waals surface area contributed by atoms with Crippen molar-refractivity contribution in [1.82, 2.24) is 14.5 Å². The molecule has 0 atom stereocenters. The summed E-state index contributed by atoms with van der Waals surface area (Å²) >= 11 is 6.15. The number of pyridine rings is 1. The third-order valence-electron chi connectivity index (χ3n) is 6.36. The second-order valence-corrected chi connectivity index (χ2v) is 9.26. The average molecular weight is 509 g/mol. The molecule has 0 bridgehead atoms. The summed E-state index contributed by atoms with van der Waals surface area (Å²) in [4.78, 5) is 22.3. The number of aryl methyl sites for hydroxylation is 2. The lowest BCUT2D eigenvalue weighted by molar-refractivity contribution is 0.883. The Morgan fingerprint density at radius 2 is 1.76 bits per heavy atom. The number of nitrogens with one attached hydrogen (secondary N) is 2. The van der Waals surface area contributed by atoms with Gasteiger partial charge < -0.3 is 11.1 Å². The number of nitrogens with two attached hydrogens (primary N) is 1. The highest BCUT2D eigenvalue weighted by atomic mass is 35.5. The Labute approximate surface area is 219 Å². The Balaban J connectivity index is 1.62. The van der Waals surface area contributed by atoms with Gasteiger partial charge in [0.25, 0.3) is 5.56 Å². The number of anilines is 2. The molecule has 0 spiro atoms. The summed E-state index contributed by atoms with van der Waals surface area (Å²) in [5, 5.41) is 14.2. The minimum atomic E-state index is -0.0872. The van der Waals surface area contributed by atoms with Crippen molar-refractivity contribution < 1.29 is 0 Å². The maximum Gasteiger partial charge on any atom is 0.263 e. The van der Waals surface area contributed by atoms with Gasteiger partial charge in [-0.25, -0.2) is 9.97 Å². The number of hydrogen-bond acceptors (Lipinski definition) is 6. The van der Waals surface area contributed by atoms with Crippen molar-refractivity contribution in [3.05, 3.63) is 122 Å². The molecule has 5 aromatic rings. The monoisotopic (exact) mass is 508 g/mol. The number of halogens is 1. The van der Waals surface area contributed by atoms with Crippen LogP contribution in [-0.2, 0) is 6.54 Å². The van der Waals surface area contributed by atoms with Crippen LogP contribution in [-0.4, -0.2) is 20.2 Å². The molecule has 0 amide bonds. The first-order chi connectivity index (χ1) is 17.8. The Morgan fingerprint density at radius 1 is 1.00 bits per heavy atom. The van der Waals surface area contributed by atoms with Crippen molar-refractivity contribution in [2.75, 3.05) is 11.1 Å². The van der Waals surface area contributed by atoms with Crippen molar-refractivity contribution >= 4 is 39.7 Å². The number of nitrogens with zero attached hydrogens (tertiary/aromatic N) is 3. The van der Waals surface area contributed by atoms with E-state index in [9.17, 15) is 4.79 Å². The van der Waals surface area contributed by atoms with Gasteiger partial charge >= 0.3 is 0 Å². The molecular formula is C29H25ClN6O. The summed E-state index contributed by atoms with van der Waals surface area (Å²) in [6.07, 6.45) is 1.35. The molecule has 0 aliphatic carbocycles. The van der Waals surface area contributed by atoms with Gasteiger partial charge in [-0.3, -0.25) is 14.8 Å². The van der Waals surface area contributed by atoms with Crippen molar-refractivity contribution in [2.45, 2.75) is 20.4 Å². The summed E-state index contributed by atoms with van der Waals surface area (Å²) in [5.74, 6) is 0.568. The first kappa shape index (κ1) is 24.2. The van der Waals surface area contributed by atoms with Gasteiger partial charge in [0.15, 0.2) is 0 Å². The van der Waals surface area contributed by atoms with Crippen molar-refractivity contribution in [1.29, 1.82) is 5.41 Å². The molecule has 7 nitrogen and oxygen atoms in total. The number of fused-ring (bicyclic) bond motifs is 1. The summed E-state index contributed by atoms with van der Waals surface area (Å²) in [6, 6.07) is 22.6. The number of nitrogen functional groups attached to an aromatic ring is 1. The Bertz CT molecular complexity index is 1730. The lowest BCUT2D eigenvalue weighted by atomic mass is 10.0. The van der Waals surface area contributed by atoms with Crippen LogP contribution in [0.1, 0.15) is 27.9 Å². The molecule has 5 rings (SSSR count). The molecule has 0 unspecified atom stereocenters. The van der Waals surface area contributed by atoms with Crippen LogP contribution in [0.15, 0.2) is 83.9 Å². The topological polar surface area (TPSA) is 110 Å². The second-order valence-electron chi connectivity index (χ2n) is 8.82.